The summed E-state index contributed by atoms with van der Waals surface area (Å²) in [5.41, 5.74) is 0.977. The minimum atomic E-state index is -0.414. The number of likely N-dealkylation sites (tertiary alicyclic amines) is 1. The van der Waals surface area contributed by atoms with E-state index in [1.165, 1.54) is 6.42 Å². The Bertz CT molecular complexity index is 408. The summed E-state index contributed by atoms with van der Waals surface area (Å²) < 4.78 is 5.58. The Morgan fingerprint density at radius 2 is 1.81 bits per heavy atom. The third-order valence-corrected chi connectivity index (χ3v) is 4.11. The first-order valence-electron chi connectivity index (χ1n) is 8.21. The van der Waals surface area contributed by atoms with Crippen molar-refractivity contribution in [2.24, 2.45) is 11.8 Å². The Morgan fingerprint density at radius 1 is 1.19 bits per heavy atom. The second-order valence-corrected chi connectivity index (χ2v) is 6.60. The second kappa shape index (κ2) is 7.81. The fraction of sp³-hybridized carbons (Fsp3) is 0.667. The molecule has 2 rings (SSSR count). The summed E-state index contributed by atoms with van der Waals surface area (Å²) in [5, 5.41) is 10.4. The Labute approximate surface area is 128 Å². The van der Waals surface area contributed by atoms with Crippen molar-refractivity contribution in [3.8, 4) is 5.75 Å². The van der Waals surface area contributed by atoms with Crippen molar-refractivity contribution < 1.29 is 9.84 Å². The zero-order valence-electron chi connectivity index (χ0n) is 13.6. The number of hydrogen-bond donors (Lipinski definition) is 1. The molecular formula is C18H29NO2. The summed E-state index contributed by atoms with van der Waals surface area (Å²) in [6.07, 6.45) is 1.90. The van der Waals surface area contributed by atoms with Gasteiger partial charge in [-0.25, -0.2) is 0 Å². The summed E-state index contributed by atoms with van der Waals surface area (Å²) >= 11 is 0. The molecule has 21 heavy (non-hydrogen) atoms. The largest absolute Gasteiger partial charge is 0.494 e. The number of aliphatic hydroxyl groups is 1. The average Bonchev–Trinajstić information content (AvgIpc) is 2.44. The van der Waals surface area contributed by atoms with Crippen molar-refractivity contribution in [3.05, 3.63) is 29.8 Å². The highest BCUT2D eigenvalue weighted by Crippen LogP contribution is 2.24. The second-order valence-electron chi connectivity index (χ2n) is 6.60. The molecule has 1 N–H and O–H groups in total. The lowest BCUT2D eigenvalue weighted by Gasteiger charge is -2.36. The molecule has 3 unspecified atom stereocenters. The lowest BCUT2D eigenvalue weighted by Crippen LogP contribution is -2.40. The standard InChI is InChI=1S/C18H29NO2/c1-4-9-21-17-7-5-16(6-8-17)18(20)13-19-11-14(2)10-15(3)12-19/h5-8,14-15,18,20H,4,9-13H2,1-3H3. The molecule has 3 nitrogen and oxygen atoms in total. The number of piperidine rings is 1. The highest BCUT2D eigenvalue weighted by molar-refractivity contribution is 5.28. The molecule has 1 aliphatic heterocycles. The molecule has 3 heteroatoms. The third kappa shape index (κ3) is 5.01. The predicted molar refractivity (Wildman–Crippen MR) is 86.6 cm³/mol. The van der Waals surface area contributed by atoms with Gasteiger partial charge in [-0.2, -0.15) is 0 Å². The Morgan fingerprint density at radius 3 is 2.38 bits per heavy atom. The molecule has 3 atom stereocenters. The predicted octanol–water partition coefficient (Wildman–Crippen LogP) is 3.49. The fourth-order valence-corrected chi connectivity index (χ4v) is 3.30. The summed E-state index contributed by atoms with van der Waals surface area (Å²) in [7, 11) is 0. The monoisotopic (exact) mass is 291 g/mol. The van der Waals surface area contributed by atoms with Gasteiger partial charge in [0.15, 0.2) is 0 Å². The quantitative estimate of drug-likeness (QED) is 0.871. The maximum atomic E-state index is 10.4. The Hall–Kier alpha value is -1.06. The van der Waals surface area contributed by atoms with Crippen molar-refractivity contribution in [1.82, 2.24) is 4.90 Å². The summed E-state index contributed by atoms with van der Waals surface area (Å²) in [4.78, 5) is 2.39. The van der Waals surface area contributed by atoms with Gasteiger partial charge in [-0.1, -0.05) is 32.9 Å². The highest BCUT2D eigenvalue weighted by Gasteiger charge is 2.23. The molecular weight excluding hydrogens is 262 g/mol. The van der Waals surface area contributed by atoms with Crippen molar-refractivity contribution in [2.75, 3.05) is 26.2 Å². The highest BCUT2D eigenvalue weighted by atomic mass is 16.5. The first-order chi connectivity index (χ1) is 10.1. The van der Waals surface area contributed by atoms with Crippen LogP contribution in [0.25, 0.3) is 0 Å². The Kier molecular flexibility index (Phi) is 6.07. The molecule has 0 saturated carbocycles. The fourth-order valence-electron chi connectivity index (χ4n) is 3.30. The van der Waals surface area contributed by atoms with E-state index < -0.39 is 6.10 Å². The number of β-amino-alcohol motifs (C(OH)–C–C–N with tert-alkyl or cyclic N) is 1. The van der Waals surface area contributed by atoms with Crippen LogP contribution in [0.5, 0.6) is 5.75 Å². The number of hydrogen-bond acceptors (Lipinski definition) is 3. The molecule has 1 aliphatic rings. The van der Waals surface area contributed by atoms with E-state index in [1.54, 1.807) is 0 Å². The SMILES string of the molecule is CCCOc1ccc(C(O)CN2CC(C)CC(C)C2)cc1. The minimum Gasteiger partial charge on any atom is -0.494 e. The van der Waals surface area contributed by atoms with Gasteiger partial charge < -0.3 is 9.84 Å². The summed E-state index contributed by atoms with van der Waals surface area (Å²) in [6, 6.07) is 7.87. The van der Waals surface area contributed by atoms with Gasteiger partial charge in [-0.05, 0) is 42.4 Å². The van der Waals surface area contributed by atoms with E-state index >= 15 is 0 Å². The first kappa shape index (κ1) is 16.3. The molecule has 118 valence electrons. The molecule has 0 amide bonds. The van der Waals surface area contributed by atoms with Crippen molar-refractivity contribution >= 4 is 0 Å². The van der Waals surface area contributed by atoms with Crippen molar-refractivity contribution in [1.29, 1.82) is 0 Å². The first-order valence-corrected chi connectivity index (χ1v) is 8.21. The number of benzene rings is 1. The van der Waals surface area contributed by atoms with E-state index in [1.807, 2.05) is 24.3 Å². The van der Waals surface area contributed by atoms with Gasteiger partial charge in [0.25, 0.3) is 0 Å². The summed E-state index contributed by atoms with van der Waals surface area (Å²) in [5.74, 6) is 2.34. The summed E-state index contributed by atoms with van der Waals surface area (Å²) in [6.45, 7) is 10.4. The maximum absolute atomic E-state index is 10.4. The van der Waals surface area contributed by atoms with Crippen LogP contribution in [0.15, 0.2) is 24.3 Å². The van der Waals surface area contributed by atoms with E-state index in [0.717, 1.165) is 55.8 Å². The molecule has 1 saturated heterocycles. The van der Waals surface area contributed by atoms with Gasteiger partial charge >= 0.3 is 0 Å². The smallest absolute Gasteiger partial charge is 0.119 e. The number of nitrogens with zero attached hydrogens (tertiary/aromatic N) is 1. The molecule has 0 aromatic heterocycles. The number of rotatable bonds is 6. The van der Waals surface area contributed by atoms with Gasteiger partial charge in [-0.3, -0.25) is 4.90 Å². The zero-order chi connectivity index (χ0) is 15.2. The minimum absolute atomic E-state index is 0.414. The van der Waals surface area contributed by atoms with E-state index in [9.17, 15) is 5.11 Å². The molecule has 1 aromatic carbocycles. The van der Waals surface area contributed by atoms with Crippen LogP contribution >= 0.6 is 0 Å². The maximum Gasteiger partial charge on any atom is 0.119 e. The van der Waals surface area contributed by atoms with Gasteiger partial charge in [0.1, 0.15) is 5.75 Å². The van der Waals surface area contributed by atoms with Gasteiger partial charge in [0, 0.05) is 19.6 Å². The lowest BCUT2D eigenvalue weighted by molar-refractivity contribution is 0.0699. The van der Waals surface area contributed by atoms with Gasteiger partial charge in [0.05, 0.1) is 12.7 Å². The van der Waals surface area contributed by atoms with Crippen LogP contribution in [0.4, 0.5) is 0 Å². The van der Waals surface area contributed by atoms with Crippen molar-refractivity contribution in [3.63, 3.8) is 0 Å². The normalized spacial score (nSPS) is 24.8. The van der Waals surface area contributed by atoms with E-state index in [2.05, 4.69) is 25.7 Å². The van der Waals surface area contributed by atoms with Crippen LogP contribution in [0.2, 0.25) is 0 Å². The van der Waals surface area contributed by atoms with E-state index in [4.69, 9.17) is 4.74 Å². The molecule has 0 radical (unpaired) electrons. The van der Waals surface area contributed by atoms with Crippen LogP contribution in [0.1, 0.15) is 45.3 Å². The molecule has 0 bridgehead atoms. The molecule has 1 aromatic rings. The number of ether oxygens (including phenoxy) is 1. The topological polar surface area (TPSA) is 32.7 Å². The molecule has 1 heterocycles. The van der Waals surface area contributed by atoms with Crippen LogP contribution in [-0.2, 0) is 0 Å². The average molecular weight is 291 g/mol. The molecule has 0 aliphatic carbocycles. The Balaban J connectivity index is 1.89. The number of aliphatic hydroxyl groups excluding tert-OH is 1. The van der Waals surface area contributed by atoms with Gasteiger partial charge in [0.2, 0.25) is 0 Å². The lowest BCUT2D eigenvalue weighted by atomic mass is 9.91. The molecule has 0 spiro atoms. The van der Waals surface area contributed by atoms with Crippen LogP contribution in [0, 0.1) is 11.8 Å². The van der Waals surface area contributed by atoms with Crippen LogP contribution in [0.3, 0.4) is 0 Å². The van der Waals surface area contributed by atoms with Crippen LogP contribution < -0.4 is 4.74 Å². The van der Waals surface area contributed by atoms with E-state index in [-0.39, 0.29) is 0 Å². The third-order valence-electron chi connectivity index (χ3n) is 4.11. The van der Waals surface area contributed by atoms with Crippen molar-refractivity contribution in [2.45, 2.75) is 39.7 Å². The molecule has 1 fully saturated rings. The van der Waals surface area contributed by atoms with Gasteiger partial charge in [-0.15, -0.1) is 0 Å². The van der Waals surface area contributed by atoms with Crippen LogP contribution in [-0.4, -0.2) is 36.2 Å². The van der Waals surface area contributed by atoms with E-state index in [0.29, 0.717) is 0 Å². The zero-order valence-corrected chi connectivity index (χ0v) is 13.6.